The normalized spacial score (nSPS) is 10.1. The van der Waals surface area contributed by atoms with Gasteiger partial charge in [-0.3, -0.25) is 9.59 Å². The van der Waals surface area contributed by atoms with E-state index in [9.17, 15) is 9.59 Å². The van der Waals surface area contributed by atoms with Crippen LogP contribution in [0.5, 0.6) is 0 Å². The largest absolute Gasteiger partial charge is 0.480 e. The lowest BCUT2D eigenvalue weighted by Crippen LogP contribution is -2.38. The third-order valence-electron chi connectivity index (χ3n) is 1.91. The Hall–Kier alpha value is -0.750. The van der Waals surface area contributed by atoms with Crippen LogP contribution in [0.15, 0.2) is 0 Å². The molecule has 0 radical (unpaired) electrons. The number of hydrogen-bond acceptors (Lipinski definition) is 4. The number of carboxylic acids is 1. The first-order valence-corrected chi connectivity index (χ1v) is 6.33. The second-order valence-electron chi connectivity index (χ2n) is 3.15. The first kappa shape index (κ1) is 15.2. The predicted molar refractivity (Wildman–Crippen MR) is 63.7 cm³/mol. The van der Waals surface area contributed by atoms with Gasteiger partial charge in [-0.1, -0.05) is 6.92 Å². The van der Waals surface area contributed by atoms with E-state index in [1.165, 1.54) is 12.0 Å². The number of amides is 1. The number of ether oxygens (including phenoxy) is 1. The first-order chi connectivity index (χ1) is 7.61. The summed E-state index contributed by atoms with van der Waals surface area (Å²) in [5, 5.41) is 8.66. The molecule has 16 heavy (non-hydrogen) atoms. The van der Waals surface area contributed by atoms with Crippen molar-refractivity contribution in [1.29, 1.82) is 0 Å². The van der Waals surface area contributed by atoms with Crippen LogP contribution in [0, 0.1) is 0 Å². The highest BCUT2D eigenvalue weighted by molar-refractivity contribution is 7.99. The van der Waals surface area contributed by atoms with Gasteiger partial charge >= 0.3 is 5.97 Å². The lowest BCUT2D eigenvalue weighted by Gasteiger charge is -2.20. The van der Waals surface area contributed by atoms with E-state index in [0.717, 1.165) is 11.5 Å². The average molecular weight is 249 g/mol. The minimum Gasteiger partial charge on any atom is -0.480 e. The van der Waals surface area contributed by atoms with Gasteiger partial charge in [-0.2, -0.15) is 11.8 Å². The summed E-state index contributed by atoms with van der Waals surface area (Å²) in [6.45, 7) is 2.46. The van der Waals surface area contributed by atoms with E-state index < -0.39 is 5.97 Å². The van der Waals surface area contributed by atoms with Gasteiger partial charge in [0.1, 0.15) is 6.54 Å². The second-order valence-corrected chi connectivity index (χ2v) is 4.54. The zero-order valence-electron chi connectivity index (χ0n) is 9.77. The van der Waals surface area contributed by atoms with Gasteiger partial charge in [-0.05, 0) is 5.75 Å². The van der Waals surface area contributed by atoms with Crippen molar-refractivity contribution in [2.24, 2.45) is 0 Å². The molecular formula is C10H19NO4S. The summed E-state index contributed by atoms with van der Waals surface area (Å²) in [7, 11) is 1.52. The Morgan fingerprint density at radius 2 is 2.12 bits per heavy atom. The lowest BCUT2D eigenvalue weighted by molar-refractivity contribution is -0.144. The summed E-state index contributed by atoms with van der Waals surface area (Å²) in [5.74, 6) is 0.580. The Balaban J connectivity index is 4.04. The smallest absolute Gasteiger partial charge is 0.323 e. The minimum absolute atomic E-state index is 0.125. The van der Waals surface area contributed by atoms with E-state index in [4.69, 9.17) is 9.84 Å². The molecule has 0 spiro atoms. The zero-order valence-corrected chi connectivity index (χ0v) is 10.6. The summed E-state index contributed by atoms with van der Waals surface area (Å²) in [4.78, 5) is 23.5. The van der Waals surface area contributed by atoms with E-state index in [1.54, 1.807) is 11.8 Å². The molecule has 0 atom stereocenters. The Morgan fingerprint density at radius 1 is 1.44 bits per heavy atom. The van der Waals surface area contributed by atoms with Crippen molar-refractivity contribution in [3.63, 3.8) is 0 Å². The number of carbonyl (C=O) groups is 2. The molecule has 0 aromatic rings. The van der Waals surface area contributed by atoms with E-state index in [2.05, 4.69) is 0 Å². The molecule has 0 aliphatic carbocycles. The number of rotatable bonds is 9. The Labute approximate surface area is 100 Å². The highest BCUT2D eigenvalue weighted by Crippen LogP contribution is 2.04. The van der Waals surface area contributed by atoms with Crippen LogP contribution in [0.3, 0.4) is 0 Å². The Kier molecular flexibility index (Phi) is 9.03. The first-order valence-electron chi connectivity index (χ1n) is 5.18. The van der Waals surface area contributed by atoms with Crippen molar-refractivity contribution in [3.8, 4) is 0 Å². The molecule has 0 aliphatic heterocycles. The van der Waals surface area contributed by atoms with Crippen molar-refractivity contribution in [3.05, 3.63) is 0 Å². The maximum Gasteiger partial charge on any atom is 0.323 e. The maximum atomic E-state index is 11.7. The summed E-state index contributed by atoms with van der Waals surface area (Å²) < 4.78 is 4.84. The van der Waals surface area contributed by atoms with Crippen LogP contribution in [0.4, 0.5) is 0 Å². The Morgan fingerprint density at radius 3 is 2.62 bits per heavy atom. The topological polar surface area (TPSA) is 66.8 Å². The van der Waals surface area contributed by atoms with E-state index in [-0.39, 0.29) is 12.5 Å². The molecule has 0 rings (SSSR count). The number of hydrogen-bond donors (Lipinski definition) is 1. The third kappa shape index (κ3) is 7.53. The highest BCUT2D eigenvalue weighted by atomic mass is 32.2. The van der Waals surface area contributed by atoms with Crippen molar-refractivity contribution in [1.82, 2.24) is 4.90 Å². The molecule has 0 saturated carbocycles. The Bertz CT molecular complexity index is 223. The molecule has 1 N–H and O–H groups in total. The average Bonchev–Trinajstić information content (AvgIpc) is 2.23. The number of carboxylic acid groups (broad SMARTS) is 1. The molecule has 94 valence electrons. The predicted octanol–water partition coefficient (Wildman–Crippen LogP) is 0.689. The zero-order chi connectivity index (χ0) is 12.4. The molecule has 0 saturated heterocycles. The summed E-state index contributed by atoms with van der Waals surface area (Å²) in [6.07, 6.45) is 0.384. The monoisotopic (exact) mass is 249 g/mol. The highest BCUT2D eigenvalue weighted by Gasteiger charge is 2.15. The summed E-state index contributed by atoms with van der Waals surface area (Å²) >= 11 is 1.67. The SMILES string of the molecule is CCSCCC(=O)N(CCOC)CC(=O)O. The number of thioether (sulfide) groups is 1. The number of carbonyl (C=O) groups excluding carboxylic acids is 1. The molecule has 0 fully saturated rings. The summed E-state index contributed by atoms with van der Waals surface area (Å²) in [5.41, 5.74) is 0. The van der Waals surface area contributed by atoms with Gasteiger partial charge < -0.3 is 14.7 Å². The van der Waals surface area contributed by atoms with E-state index in [1.807, 2.05) is 6.92 Å². The molecule has 1 amide bonds. The number of aliphatic carboxylic acids is 1. The van der Waals surface area contributed by atoms with Crippen LogP contribution in [0.25, 0.3) is 0 Å². The minimum atomic E-state index is -0.993. The fraction of sp³-hybridized carbons (Fsp3) is 0.800. The van der Waals surface area contributed by atoms with Gasteiger partial charge in [0, 0.05) is 25.8 Å². The van der Waals surface area contributed by atoms with E-state index in [0.29, 0.717) is 19.6 Å². The van der Waals surface area contributed by atoms with Crippen LogP contribution in [0.1, 0.15) is 13.3 Å². The van der Waals surface area contributed by atoms with Gasteiger partial charge in [0.15, 0.2) is 0 Å². The lowest BCUT2D eigenvalue weighted by atomic mass is 10.3. The van der Waals surface area contributed by atoms with Gasteiger partial charge in [0.25, 0.3) is 0 Å². The van der Waals surface area contributed by atoms with Gasteiger partial charge in [-0.15, -0.1) is 0 Å². The molecule has 0 aromatic heterocycles. The molecule has 0 bridgehead atoms. The van der Waals surface area contributed by atoms with Crippen LogP contribution in [-0.4, -0.2) is 60.2 Å². The maximum absolute atomic E-state index is 11.7. The van der Waals surface area contributed by atoms with Crippen LogP contribution in [-0.2, 0) is 14.3 Å². The van der Waals surface area contributed by atoms with E-state index >= 15 is 0 Å². The molecule has 0 unspecified atom stereocenters. The molecular weight excluding hydrogens is 230 g/mol. The van der Waals surface area contributed by atoms with Gasteiger partial charge in [0.05, 0.1) is 6.61 Å². The summed E-state index contributed by atoms with van der Waals surface area (Å²) in [6, 6.07) is 0. The van der Waals surface area contributed by atoms with Crippen molar-refractivity contribution < 1.29 is 19.4 Å². The van der Waals surface area contributed by atoms with Gasteiger partial charge in [-0.25, -0.2) is 0 Å². The fourth-order valence-corrected chi connectivity index (χ4v) is 1.73. The third-order valence-corrected chi connectivity index (χ3v) is 2.81. The van der Waals surface area contributed by atoms with Crippen molar-refractivity contribution >= 4 is 23.6 Å². The standard InChI is InChI=1S/C10H19NO4S/c1-3-16-7-4-9(12)11(5-6-15-2)8-10(13)14/h3-8H2,1-2H3,(H,13,14). The van der Waals surface area contributed by atoms with Gasteiger partial charge in [0.2, 0.25) is 5.91 Å². The quantitative estimate of drug-likeness (QED) is 0.609. The van der Waals surface area contributed by atoms with Crippen molar-refractivity contribution in [2.45, 2.75) is 13.3 Å². The second kappa shape index (κ2) is 9.47. The molecule has 0 aromatic carbocycles. The number of methoxy groups -OCH3 is 1. The fourth-order valence-electron chi connectivity index (χ4n) is 1.12. The molecule has 6 heteroatoms. The van der Waals surface area contributed by atoms with Crippen LogP contribution < -0.4 is 0 Å². The molecule has 0 heterocycles. The van der Waals surface area contributed by atoms with Crippen LogP contribution >= 0.6 is 11.8 Å². The molecule has 0 aliphatic rings. The number of nitrogens with zero attached hydrogens (tertiary/aromatic N) is 1. The van der Waals surface area contributed by atoms with Crippen molar-refractivity contribution in [2.75, 3.05) is 38.3 Å². The molecule has 5 nitrogen and oxygen atoms in total. The van der Waals surface area contributed by atoms with Crippen LogP contribution in [0.2, 0.25) is 0 Å².